The van der Waals surface area contributed by atoms with Crippen LogP contribution in [0.2, 0.25) is 0 Å². The number of carbonyl (C=O) groups is 1. The van der Waals surface area contributed by atoms with Crippen LogP contribution in [0.3, 0.4) is 0 Å². The molecule has 0 aliphatic rings. The van der Waals surface area contributed by atoms with Crippen molar-refractivity contribution in [3.05, 3.63) is 65.0 Å². The molecule has 4 aromatic rings. The first kappa shape index (κ1) is 18.7. The van der Waals surface area contributed by atoms with Crippen LogP contribution in [0.5, 0.6) is 0 Å². The highest BCUT2D eigenvalue weighted by atomic mass is 32.1. The van der Waals surface area contributed by atoms with Gasteiger partial charge >= 0.3 is 0 Å². The van der Waals surface area contributed by atoms with Crippen LogP contribution in [0, 0.1) is 0 Å². The third-order valence-electron chi connectivity index (χ3n) is 4.62. The van der Waals surface area contributed by atoms with E-state index in [9.17, 15) is 4.79 Å². The van der Waals surface area contributed by atoms with E-state index in [0.717, 1.165) is 38.1 Å². The van der Waals surface area contributed by atoms with E-state index in [1.54, 1.807) is 24.5 Å². The van der Waals surface area contributed by atoms with Gasteiger partial charge in [-0.1, -0.05) is 12.1 Å². The van der Waals surface area contributed by atoms with E-state index in [0.29, 0.717) is 11.4 Å². The zero-order valence-electron chi connectivity index (χ0n) is 15.6. The van der Waals surface area contributed by atoms with Crippen molar-refractivity contribution in [1.29, 1.82) is 0 Å². The predicted octanol–water partition coefficient (Wildman–Crippen LogP) is 2.06. The van der Waals surface area contributed by atoms with Gasteiger partial charge in [-0.05, 0) is 41.8 Å². The molecule has 8 nitrogen and oxygen atoms in total. The first-order valence-corrected chi connectivity index (χ1v) is 9.73. The van der Waals surface area contributed by atoms with E-state index in [-0.39, 0.29) is 5.91 Å². The average Bonchev–Trinajstić information content (AvgIpc) is 3.25. The van der Waals surface area contributed by atoms with Gasteiger partial charge in [0.2, 0.25) is 0 Å². The molecule has 29 heavy (non-hydrogen) atoms. The molecule has 8 N–H and O–H groups in total. The first-order valence-electron chi connectivity index (χ1n) is 8.85. The second-order valence-corrected chi connectivity index (χ2v) is 7.25. The summed E-state index contributed by atoms with van der Waals surface area (Å²) in [6.45, 7) is 0. The number of nitrogens with two attached hydrogens (primary N) is 2. The molecule has 0 atom stereocenters. The number of H-pyrrole nitrogens is 1. The van der Waals surface area contributed by atoms with E-state index in [1.807, 2.05) is 41.8 Å². The van der Waals surface area contributed by atoms with Crippen molar-refractivity contribution < 1.29 is 9.78 Å². The topological polar surface area (TPSA) is 132 Å². The monoisotopic (exact) mass is 406 g/mol. The Morgan fingerprint density at radius 2 is 1.97 bits per heavy atom. The van der Waals surface area contributed by atoms with Gasteiger partial charge in [0.05, 0.1) is 10.1 Å². The molecule has 0 radical (unpaired) electrons. The molecule has 9 heteroatoms. The van der Waals surface area contributed by atoms with E-state index >= 15 is 0 Å². The first-order chi connectivity index (χ1) is 14.1. The Labute approximate surface area is 170 Å². The van der Waals surface area contributed by atoms with E-state index in [1.165, 1.54) is 0 Å². The number of rotatable bonds is 4. The third kappa shape index (κ3) is 3.44. The van der Waals surface area contributed by atoms with Crippen molar-refractivity contribution in [3.8, 4) is 0 Å². The Kier molecular flexibility index (Phi) is 4.98. The van der Waals surface area contributed by atoms with Gasteiger partial charge in [0, 0.05) is 23.6 Å². The molecule has 0 saturated carbocycles. The second-order valence-electron chi connectivity index (χ2n) is 6.33. The SMILES string of the molecule is CNC(=O)c1cccc(Nc2[nH+]c3cc(/C(=N/N)NN)ccc3c3sccc23)c1. The molecule has 2 heterocycles. The zero-order valence-corrected chi connectivity index (χ0v) is 16.4. The molecule has 2 aromatic carbocycles. The molecule has 0 fully saturated rings. The number of anilines is 2. The lowest BCUT2D eigenvalue weighted by Crippen LogP contribution is -2.32. The van der Waals surface area contributed by atoms with Crippen LogP contribution >= 0.6 is 11.3 Å². The van der Waals surface area contributed by atoms with Gasteiger partial charge in [-0.2, -0.15) is 5.10 Å². The summed E-state index contributed by atoms with van der Waals surface area (Å²) in [5, 5.41) is 13.9. The van der Waals surface area contributed by atoms with Gasteiger partial charge in [-0.3, -0.25) is 4.79 Å². The fourth-order valence-corrected chi connectivity index (χ4v) is 4.17. The molecule has 0 aliphatic carbocycles. The van der Waals surface area contributed by atoms with Crippen molar-refractivity contribution in [2.24, 2.45) is 16.8 Å². The molecule has 0 saturated heterocycles. The number of nitrogens with zero attached hydrogens (tertiary/aromatic N) is 1. The van der Waals surface area contributed by atoms with E-state index < -0.39 is 0 Å². The molecular weight excluding hydrogens is 386 g/mol. The maximum Gasteiger partial charge on any atom is 0.286 e. The number of aromatic amines is 1. The summed E-state index contributed by atoms with van der Waals surface area (Å²) < 4.78 is 1.14. The lowest BCUT2D eigenvalue weighted by atomic mass is 10.1. The number of pyridine rings is 1. The van der Waals surface area contributed by atoms with Crippen LogP contribution < -0.4 is 32.7 Å². The molecule has 2 aromatic heterocycles. The maximum absolute atomic E-state index is 11.9. The number of hydrogen-bond acceptors (Lipinski definition) is 6. The van der Waals surface area contributed by atoms with Crippen molar-refractivity contribution in [2.45, 2.75) is 0 Å². The number of carbonyl (C=O) groups excluding carboxylic acids is 1. The van der Waals surface area contributed by atoms with Gasteiger partial charge < -0.3 is 16.6 Å². The fraction of sp³-hybridized carbons (Fsp3) is 0.0500. The van der Waals surface area contributed by atoms with E-state index in [2.05, 4.69) is 32.2 Å². The van der Waals surface area contributed by atoms with Crippen molar-refractivity contribution in [2.75, 3.05) is 12.4 Å². The Morgan fingerprint density at radius 1 is 1.10 bits per heavy atom. The van der Waals surface area contributed by atoms with Crippen molar-refractivity contribution in [1.82, 2.24) is 10.7 Å². The lowest BCUT2D eigenvalue weighted by molar-refractivity contribution is -0.325. The van der Waals surface area contributed by atoms with Crippen LogP contribution in [0.25, 0.3) is 21.0 Å². The molecule has 0 aliphatic heterocycles. The average molecular weight is 406 g/mol. The Hall–Kier alpha value is -3.69. The number of benzene rings is 2. The van der Waals surface area contributed by atoms with Crippen molar-refractivity contribution >= 4 is 55.6 Å². The summed E-state index contributed by atoms with van der Waals surface area (Å²) >= 11 is 1.66. The molecule has 1 amide bonds. The molecule has 0 unspecified atom stereocenters. The largest absolute Gasteiger partial charge is 0.355 e. The molecule has 0 bridgehead atoms. The number of fused-ring (bicyclic) bond motifs is 3. The van der Waals surface area contributed by atoms with Crippen molar-refractivity contribution in [3.63, 3.8) is 0 Å². The third-order valence-corrected chi connectivity index (χ3v) is 5.57. The minimum atomic E-state index is -0.135. The normalized spacial score (nSPS) is 11.6. The lowest BCUT2D eigenvalue weighted by Gasteiger charge is -2.07. The summed E-state index contributed by atoms with van der Waals surface area (Å²) in [7, 11) is 1.61. The number of hydrogen-bond donors (Lipinski definition) is 5. The van der Waals surface area contributed by atoms with Crippen LogP contribution in [0.1, 0.15) is 15.9 Å². The Morgan fingerprint density at radius 3 is 2.72 bits per heavy atom. The van der Waals surface area contributed by atoms with Gasteiger partial charge in [-0.25, -0.2) is 16.1 Å². The molecule has 4 rings (SSSR count). The highest BCUT2D eigenvalue weighted by Gasteiger charge is 2.17. The summed E-state index contributed by atoms with van der Waals surface area (Å²) in [4.78, 5) is 15.4. The smallest absolute Gasteiger partial charge is 0.286 e. The van der Waals surface area contributed by atoms with Gasteiger partial charge in [-0.15, -0.1) is 11.3 Å². The number of thiophene rings is 1. The summed E-state index contributed by atoms with van der Waals surface area (Å²) in [5.74, 6) is 12.0. The van der Waals surface area contributed by atoms with Crippen LogP contribution in [-0.2, 0) is 0 Å². The standard InChI is InChI=1S/C20H19N7OS/c1-23-20(28)12-3-2-4-13(9-12)24-19-15-7-8-29-17(15)14-6-5-11(10-16(14)25-19)18(26-21)27-22/h2-10H,21-22H2,1H3,(H,23,28)(H,24,25)(H,26,27)/p+1. The minimum absolute atomic E-state index is 0.135. The van der Waals surface area contributed by atoms with Gasteiger partial charge in [0.15, 0.2) is 5.84 Å². The molecule has 146 valence electrons. The number of aromatic nitrogens is 1. The highest BCUT2D eigenvalue weighted by molar-refractivity contribution is 7.18. The Bertz CT molecular complexity index is 1250. The predicted molar refractivity (Wildman–Crippen MR) is 117 cm³/mol. The van der Waals surface area contributed by atoms with E-state index in [4.69, 9.17) is 11.7 Å². The van der Waals surface area contributed by atoms with Gasteiger partial charge in [0.25, 0.3) is 11.7 Å². The highest BCUT2D eigenvalue weighted by Crippen LogP contribution is 2.33. The number of nitrogens with one attached hydrogen (secondary N) is 4. The summed E-state index contributed by atoms with van der Waals surface area (Å²) in [6.07, 6.45) is 0. The number of amidine groups is 1. The number of hydrazine groups is 1. The van der Waals surface area contributed by atoms with Crippen LogP contribution in [-0.4, -0.2) is 18.8 Å². The minimum Gasteiger partial charge on any atom is -0.355 e. The fourth-order valence-electron chi connectivity index (χ4n) is 3.23. The molecule has 0 spiro atoms. The zero-order chi connectivity index (χ0) is 20.4. The van der Waals surface area contributed by atoms with Crippen LogP contribution in [0.15, 0.2) is 59.0 Å². The number of hydrazone groups is 1. The molecular formula is C20H20N7OS+. The number of amides is 1. The second kappa shape index (κ2) is 7.74. The quantitative estimate of drug-likeness (QED) is 0.153. The maximum atomic E-state index is 11.9. The van der Waals surface area contributed by atoms with Gasteiger partial charge in [0.1, 0.15) is 11.2 Å². The van der Waals surface area contributed by atoms with Crippen LogP contribution in [0.4, 0.5) is 11.5 Å². The summed E-state index contributed by atoms with van der Waals surface area (Å²) in [5.41, 5.74) is 5.56. The Balaban J connectivity index is 1.83. The summed E-state index contributed by atoms with van der Waals surface area (Å²) in [6, 6.07) is 15.3.